The molecule has 2 amide bonds. The lowest BCUT2D eigenvalue weighted by Gasteiger charge is -2.39. The van der Waals surface area contributed by atoms with E-state index in [1.807, 2.05) is 25.7 Å². The molecule has 122 valence electrons. The summed E-state index contributed by atoms with van der Waals surface area (Å²) in [6, 6.07) is -0.00672. The van der Waals surface area contributed by atoms with Gasteiger partial charge in [-0.2, -0.15) is 0 Å². The van der Waals surface area contributed by atoms with E-state index < -0.39 is 5.97 Å². The highest BCUT2D eigenvalue weighted by molar-refractivity contribution is 5.75. The molecule has 0 saturated carbocycles. The molecule has 0 radical (unpaired) electrons. The van der Waals surface area contributed by atoms with Crippen LogP contribution in [0.4, 0.5) is 4.79 Å². The highest BCUT2D eigenvalue weighted by Crippen LogP contribution is 2.26. The van der Waals surface area contributed by atoms with Crippen molar-refractivity contribution in [1.29, 1.82) is 0 Å². The Morgan fingerprint density at radius 3 is 2.52 bits per heavy atom. The molecule has 0 aromatic carbocycles. The second kappa shape index (κ2) is 8.22. The van der Waals surface area contributed by atoms with E-state index in [4.69, 9.17) is 10.2 Å². The molecule has 2 atom stereocenters. The van der Waals surface area contributed by atoms with Crippen LogP contribution in [0.15, 0.2) is 0 Å². The number of urea groups is 1. The molecule has 6 heteroatoms. The van der Waals surface area contributed by atoms with Crippen LogP contribution >= 0.6 is 0 Å². The van der Waals surface area contributed by atoms with Crippen molar-refractivity contribution in [1.82, 2.24) is 9.80 Å². The van der Waals surface area contributed by atoms with Gasteiger partial charge in [-0.05, 0) is 38.5 Å². The normalized spacial score (nSPS) is 20.4. The van der Waals surface area contributed by atoms with Crippen LogP contribution in [0.5, 0.6) is 0 Å². The minimum atomic E-state index is -0.782. The average molecular weight is 300 g/mol. The fourth-order valence-corrected chi connectivity index (χ4v) is 2.95. The Hall–Kier alpha value is -1.30. The first-order valence-electron chi connectivity index (χ1n) is 7.75. The number of aliphatic hydroxyl groups is 1. The molecule has 0 spiro atoms. The maximum atomic E-state index is 12.5. The minimum Gasteiger partial charge on any atom is -0.481 e. The zero-order valence-corrected chi connectivity index (χ0v) is 13.3. The second-order valence-corrected chi connectivity index (χ2v) is 6.22. The number of nitrogens with zero attached hydrogens (tertiary/aromatic N) is 2. The summed E-state index contributed by atoms with van der Waals surface area (Å²) in [6.07, 6.45) is 2.03. The number of carbonyl (C=O) groups is 2. The Balaban J connectivity index is 2.66. The van der Waals surface area contributed by atoms with Gasteiger partial charge >= 0.3 is 12.0 Å². The second-order valence-electron chi connectivity index (χ2n) is 6.22. The summed E-state index contributed by atoms with van der Waals surface area (Å²) in [5.41, 5.74) is 0. The lowest BCUT2D eigenvalue weighted by atomic mass is 9.85. The van der Waals surface area contributed by atoms with Gasteiger partial charge in [0.1, 0.15) is 0 Å². The number of piperidine rings is 1. The van der Waals surface area contributed by atoms with Gasteiger partial charge in [-0.1, -0.05) is 6.92 Å². The first kappa shape index (κ1) is 17.8. The van der Waals surface area contributed by atoms with Crippen LogP contribution in [-0.4, -0.2) is 64.3 Å². The van der Waals surface area contributed by atoms with Crippen LogP contribution in [0.3, 0.4) is 0 Å². The van der Waals surface area contributed by atoms with Crippen molar-refractivity contribution >= 4 is 12.0 Å². The zero-order valence-electron chi connectivity index (χ0n) is 13.3. The SMILES string of the molecule is CC(CC(=O)O)C1CCCN(C(=O)N(CCO)C(C)C)C1. The van der Waals surface area contributed by atoms with E-state index in [0.29, 0.717) is 19.6 Å². The van der Waals surface area contributed by atoms with Gasteiger partial charge in [-0.3, -0.25) is 4.79 Å². The molecule has 1 heterocycles. The number of amides is 2. The van der Waals surface area contributed by atoms with E-state index in [9.17, 15) is 9.59 Å². The molecule has 0 aromatic rings. The van der Waals surface area contributed by atoms with Gasteiger partial charge in [-0.25, -0.2) is 4.79 Å². The van der Waals surface area contributed by atoms with E-state index in [0.717, 1.165) is 12.8 Å². The molecule has 1 saturated heterocycles. The van der Waals surface area contributed by atoms with Crippen molar-refractivity contribution in [3.05, 3.63) is 0 Å². The Morgan fingerprint density at radius 1 is 1.33 bits per heavy atom. The Bertz CT molecular complexity index is 360. The van der Waals surface area contributed by atoms with Crippen LogP contribution in [0.1, 0.15) is 40.0 Å². The number of aliphatic carboxylic acids is 1. The van der Waals surface area contributed by atoms with Gasteiger partial charge in [0, 0.05) is 32.1 Å². The highest BCUT2D eigenvalue weighted by Gasteiger charge is 2.31. The lowest BCUT2D eigenvalue weighted by molar-refractivity contribution is -0.138. The number of carbonyl (C=O) groups excluding carboxylic acids is 1. The third-order valence-electron chi connectivity index (χ3n) is 4.24. The van der Waals surface area contributed by atoms with Gasteiger partial charge in [0.15, 0.2) is 0 Å². The van der Waals surface area contributed by atoms with Crippen molar-refractivity contribution in [3.8, 4) is 0 Å². The van der Waals surface area contributed by atoms with Crippen molar-refractivity contribution in [2.75, 3.05) is 26.2 Å². The monoisotopic (exact) mass is 300 g/mol. The Kier molecular flexibility index (Phi) is 6.95. The van der Waals surface area contributed by atoms with Gasteiger partial charge in [-0.15, -0.1) is 0 Å². The first-order valence-corrected chi connectivity index (χ1v) is 7.75. The summed E-state index contributed by atoms with van der Waals surface area (Å²) >= 11 is 0. The van der Waals surface area contributed by atoms with Gasteiger partial charge < -0.3 is 20.0 Å². The summed E-state index contributed by atoms with van der Waals surface area (Å²) in [7, 11) is 0. The topological polar surface area (TPSA) is 81.1 Å². The maximum Gasteiger partial charge on any atom is 0.320 e. The number of aliphatic hydroxyl groups excluding tert-OH is 1. The van der Waals surface area contributed by atoms with E-state index >= 15 is 0 Å². The molecule has 21 heavy (non-hydrogen) atoms. The summed E-state index contributed by atoms with van der Waals surface area (Å²) in [5.74, 6) is -0.472. The number of rotatable bonds is 6. The van der Waals surface area contributed by atoms with Crippen molar-refractivity contribution in [2.24, 2.45) is 11.8 Å². The van der Waals surface area contributed by atoms with Gasteiger partial charge in [0.25, 0.3) is 0 Å². The Morgan fingerprint density at radius 2 is 2.00 bits per heavy atom. The molecule has 6 nitrogen and oxygen atoms in total. The van der Waals surface area contributed by atoms with Crippen molar-refractivity contribution < 1.29 is 19.8 Å². The molecule has 1 rings (SSSR count). The quantitative estimate of drug-likeness (QED) is 0.781. The molecule has 2 N–H and O–H groups in total. The molecule has 0 bridgehead atoms. The molecule has 2 unspecified atom stereocenters. The van der Waals surface area contributed by atoms with Gasteiger partial charge in [0.2, 0.25) is 0 Å². The maximum absolute atomic E-state index is 12.5. The Labute approximate surface area is 126 Å². The standard InChI is InChI=1S/C15H28N2O4/c1-11(2)17(7-8-18)15(21)16-6-4-5-13(10-16)12(3)9-14(19)20/h11-13,18H,4-10H2,1-3H3,(H,19,20). The molecular formula is C15H28N2O4. The third kappa shape index (κ3) is 5.19. The summed E-state index contributed by atoms with van der Waals surface area (Å²) in [5, 5.41) is 18.0. The molecule has 0 aliphatic carbocycles. The van der Waals surface area contributed by atoms with Crippen molar-refractivity contribution in [2.45, 2.75) is 46.1 Å². The molecule has 1 aliphatic heterocycles. The van der Waals surface area contributed by atoms with E-state index in [1.165, 1.54) is 0 Å². The van der Waals surface area contributed by atoms with E-state index in [-0.39, 0.29) is 36.9 Å². The highest BCUT2D eigenvalue weighted by atomic mass is 16.4. The first-order chi connectivity index (χ1) is 9.86. The van der Waals surface area contributed by atoms with Gasteiger partial charge in [0.05, 0.1) is 6.61 Å². The number of carboxylic acid groups (broad SMARTS) is 1. The molecular weight excluding hydrogens is 272 g/mol. The number of likely N-dealkylation sites (tertiary alicyclic amines) is 1. The predicted molar refractivity (Wildman–Crippen MR) is 80.0 cm³/mol. The average Bonchev–Trinajstić information content (AvgIpc) is 2.43. The van der Waals surface area contributed by atoms with Crippen LogP contribution in [0.25, 0.3) is 0 Å². The summed E-state index contributed by atoms with van der Waals surface area (Å²) in [6.45, 7) is 7.43. The molecule has 1 fully saturated rings. The number of hydrogen-bond acceptors (Lipinski definition) is 3. The summed E-state index contributed by atoms with van der Waals surface area (Å²) in [4.78, 5) is 26.9. The molecule has 0 aromatic heterocycles. The van der Waals surface area contributed by atoms with Crippen LogP contribution in [0.2, 0.25) is 0 Å². The zero-order chi connectivity index (χ0) is 16.0. The van der Waals surface area contributed by atoms with E-state index in [1.54, 1.807) is 4.90 Å². The predicted octanol–water partition coefficient (Wildman–Crippen LogP) is 1.63. The third-order valence-corrected chi connectivity index (χ3v) is 4.24. The van der Waals surface area contributed by atoms with E-state index in [2.05, 4.69) is 0 Å². The fourth-order valence-electron chi connectivity index (χ4n) is 2.95. The number of hydrogen-bond donors (Lipinski definition) is 2. The lowest BCUT2D eigenvalue weighted by Crippen LogP contribution is -2.51. The van der Waals surface area contributed by atoms with Crippen LogP contribution in [-0.2, 0) is 4.79 Å². The summed E-state index contributed by atoms with van der Waals surface area (Å²) < 4.78 is 0. The fraction of sp³-hybridized carbons (Fsp3) is 0.867. The number of carboxylic acids is 1. The smallest absolute Gasteiger partial charge is 0.320 e. The largest absolute Gasteiger partial charge is 0.481 e. The minimum absolute atomic E-state index is 0.0430. The van der Waals surface area contributed by atoms with Crippen LogP contribution in [0, 0.1) is 11.8 Å². The van der Waals surface area contributed by atoms with Crippen LogP contribution < -0.4 is 0 Å². The molecule has 1 aliphatic rings. The van der Waals surface area contributed by atoms with Crippen molar-refractivity contribution in [3.63, 3.8) is 0 Å².